The SMILES string of the molecule is CC(C)n1cnnc1[C@H]1CCCN(C(=O)C(C)(C)c2ccccc2)C1. The maximum absolute atomic E-state index is 13.2. The summed E-state index contributed by atoms with van der Waals surface area (Å²) in [4.78, 5) is 15.3. The molecular formula is C20H28N4O. The number of nitrogens with zero attached hydrogens (tertiary/aromatic N) is 4. The summed E-state index contributed by atoms with van der Waals surface area (Å²) in [6.45, 7) is 9.85. The molecule has 0 spiro atoms. The predicted molar refractivity (Wildman–Crippen MR) is 98.4 cm³/mol. The summed E-state index contributed by atoms with van der Waals surface area (Å²) in [7, 11) is 0. The molecule has 5 heteroatoms. The van der Waals surface area contributed by atoms with E-state index in [4.69, 9.17) is 0 Å². The molecule has 1 aromatic heterocycles. The van der Waals surface area contributed by atoms with Crippen LogP contribution in [0.1, 0.15) is 63.9 Å². The van der Waals surface area contributed by atoms with Crippen molar-refractivity contribution in [3.05, 3.63) is 48.0 Å². The molecule has 0 unspecified atom stereocenters. The first-order valence-corrected chi connectivity index (χ1v) is 9.15. The fourth-order valence-corrected chi connectivity index (χ4v) is 3.69. The van der Waals surface area contributed by atoms with Crippen molar-refractivity contribution in [2.75, 3.05) is 13.1 Å². The van der Waals surface area contributed by atoms with E-state index in [0.717, 1.165) is 37.3 Å². The number of likely N-dealkylation sites (tertiary alicyclic amines) is 1. The van der Waals surface area contributed by atoms with Gasteiger partial charge in [-0.3, -0.25) is 4.79 Å². The van der Waals surface area contributed by atoms with Crippen LogP contribution >= 0.6 is 0 Å². The molecule has 0 aliphatic carbocycles. The summed E-state index contributed by atoms with van der Waals surface area (Å²) in [6, 6.07) is 10.4. The molecule has 0 saturated carbocycles. The first kappa shape index (κ1) is 17.6. The Kier molecular flexibility index (Phi) is 4.93. The average Bonchev–Trinajstić information content (AvgIpc) is 3.12. The van der Waals surface area contributed by atoms with Gasteiger partial charge in [0, 0.05) is 25.0 Å². The molecule has 3 rings (SSSR count). The van der Waals surface area contributed by atoms with Crippen LogP contribution < -0.4 is 0 Å². The predicted octanol–water partition coefficient (Wildman–Crippen LogP) is 3.54. The van der Waals surface area contributed by atoms with Gasteiger partial charge in [-0.15, -0.1) is 10.2 Å². The molecule has 0 radical (unpaired) electrons. The molecule has 1 aromatic carbocycles. The van der Waals surface area contributed by atoms with Crippen LogP contribution in [0.5, 0.6) is 0 Å². The highest BCUT2D eigenvalue weighted by Gasteiger charge is 2.37. The molecule has 25 heavy (non-hydrogen) atoms. The summed E-state index contributed by atoms with van der Waals surface area (Å²) in [5.74, 6) is 1.46. The third kappa shape index (κ3) is 3.46. The van der Waals surface area contributed by atoms with Crippen molar-refractivity contribution >= 4 is 5.91 Å². The molecule has 0 N–H and O–H groups in total. The van der Waals surface area contributed by atoms with Gasteiger partial charge in [0.2, 0.25) is 5.91 Å². The number of piperidine rings is 1. The maximum Gasteiger partial charge on any atom is 0.232 e. The minimum absolute atomic E-state index is 0.194. The fourth-order valence-electron chi connectivity index (χ4n) is 3.69. The van der Waals surface area contributed by atoms with E-state index in [1.165, 1.54) is 0 Å². The number of rotatable bonds is 4. The molecule has 1 aliphatic heterocycles. The highest BCUT2D eigenvalue weighted by molar-refractivity contribution is 5.87. The summed E-state index contributed by atoms with van der Waals surface area (Å²) in [6.07, 6.45) is 3.86. The van der Waals surface area contributed by atoms with Gasteiger partial charge in [0.05, 0.1) is 5.41 Å². The van der Waals surface area contributed by atoms with Crippen molar-refractivity contribution in [2.45, 2.75) is 57.9 Å². The second-order valence-electron chi connectivity index (χ2n) is 7.77. The Hall–Kier alpha value is -2.17. The van der Waals surface area contributed by atoms with Gasteiger partial charge in [0.15, 0.2) is 0 Å². The van der Waals surface area contributed by atoms with E-state index in [2.05, 4.69) is 28.6 Å². The molecule has 1 aliphatic rings. The monoisotopic (exact) mass is 340 g/mol. The number of amides is 1. The largest absolute Gasteiger partial charge is 0.341 e. The lowest BCUT2D eigenvalue weighted by Gasteiger charge is -2.37. The van der Waals surface area contributed by atoms with E-state index in [-0.39, 0.29) is 11.8 Å². The Bertz CT molecular complexity index is 720. The van der Waals surface area contributed by atoms with E-state index >= 15 is 0 Å². The van der Waals surface area contributed by atoms with E-state index in [1.54, 1.807) is 6.33 Å². The number of hydrogen-bond acceptors (Lipinski definition) is 3. The highest BCUT2D eigenvalue weighted by Crippen LogP contribution is 2.31. The smallest absolute Gasteiger partial charge is 0.232 e. The number of carbonyl (C=O) groups is 1. The van der Waals surface area contributed by atoms with E-state index in [9.17, 15) is 4.79 Å². The fraction of sp³-hybridized carbons (Fsp3) is 0.550. The second-order valence-corrected chi connectivity index (χ2v) is 7.77. The number of benzene rings is 1. The van der Waals surface area contributed by atoms with Crippen LogP contribution in [0.2, 0.25) is 0 Å². The molecule has 134 valence electrons. The van der Waals surface area contributed by atoms with Crippen LogP contribution in [-0.4, -0.2) is 38.7 Å². The molecule has 2 aromatic rings. The lowest BCUT2D eigenvalue weighted by molar-refractivity contribution is -0.137. The Balaban J connectivity index is 1.79. The van der Waals surface area contributed by atoms with Gasteiger partial charge >= 0.3 is 0 Å². The van der Waals surface area contributed by atoms with Crippen LogP contribution in [0.15, 0.2) is 36.7 Å². The minimum Gasteiger partial charge on any atom is -0.341 e. The summed E-state index contributed by atoms with van der Waals surface area (Å²) < 4.78 is 2.13. The topological polar surface area (TPSA) is 51.0 Å². The van der Waals surface area contributed by atoms with Crippen molar-refractivity contribution in [2.24, 2.45) is 0 Å². The van der Waals surface area contributed by atoms with Crippen LogP contribution in [0, 0.1) is 0 Å². The Labute approximate surface area is 150 Å². The highest BCUT2D eigenvalue weighted by atomic mass is 16.2. The maximum atomic E-state index is 13.2. The zero-order valence-corrected chi connectivity index (χ0v) is 15.6. The normalized spacial score (nSPS) is 18.6. The van der Waals surface area contributed by atoms with Crippen molar-refractivity contribution in [3.8, 4) is 0 Å². The van der Waals surface area contributed by atoms with Crippen LogP contribution in [0.4, 0.5) is 0 Å². The molecule has 1 amide bonds. The molecular weight excluding hydrogens is 312 g/mol. The summed E-state index contributed by atoms with van der Waals surface area (Å²) in [5.41, 5.74) is 0.543. The Morgan fingerprint density at radius 1 is 1.24 bits per heavy atom. The number of carbonyl (C=O) groups excluding carboxylic acids is 1. The van der Waals surface area contributed by atoms with E-state index in [0.29, 0.717) is 6.04 Å². The first-order valence-electron chi connectivity index (χ1n) is 9.15. The number of aromatic nitrogens is 3. The average molecular weight is 340 g/mol. The van der Waals surface area contributed by atoms with Crippen molar-refractivity contribution in [3.63, 3.8) is 0 Å². The standard InChI is InChI=1S/C20H28N4O/c1-15(2)24-14-21-22-18(24)16-9-8-12-23(13-16)19(25)20(3,4)17-10-6-5-7-11-17/h5-7,10-11,14-16H,8-9,12-13H2,1-4H3/t16-/m0/s1. The van der Waals surface area contributed by atoms with Crippen molar-refractivity contribution < 1.29 is 4.79 Å². The quantitative estimate of drug-likeness (QED) is 0.855. The molecule has 1 saturated heterocycles. The van der Waals surface area contributed by atoms with Gasteiger partial charge < -0.3 is 9.47 Å². The molecule has 0 bridgehead atoms. The van der Waals surface area contributed by atoms with Crippen molar-refractivity contribution in [1.82, 2.24) is 19.7 Å². The minimum atomic E-state index is -0.519. The van der Waals surface area contributed by atoms with Gasteiger partial charge in [-0.05, 0) is 46.1 Å². The van der Waals surface area contributed by atoms with Gasteiger partial charge in [-0.2, -0.15) is 0 Å². The molecule has 2 heterocycles. The van der Waals surface area contributed by atoms with Crippen LogP contribution in [0.3, 0.4) is 0 Å². The molecule has 5 nitrogen and oxygen atoms in total. The lowest BCUT2D eigenvalue weighted by Crippen LogP contribution is -2.47. The van der Waals surface area contributed by atoms with Gasteiger partial charge in [-0.1, -0.05) is 30.3 Å². The summed E-state index contributed by atoms with van der Waals surface area (Å²) >= 11 is 0. The van der Waals surface area contributed by atoms with Gasteiger partial charge in [-0.25, -0.2) is 0 Å². The zero-order chi connectivity index (χ0) is 18.0. The van der Waals surface area contributed by atoms with Gasteiger partial charge in [0.1, 0.15) is 12.2 Å². The Morgan fingerprint density at radius 3 is 2.64 bits per heavy atom. The van der Waals surface area contributed by atoms with Crippen LogP contribution in [-0.2, 0) is 10.2 Å². The Morgan fingerprint density at radius 2 is 1.96 bits per heavy atom. The third-order valence-corrected chi connectivity index (χ3v) is 5.26. The van der Waals surface area contributed by atoms with Crippen molar-refractivity contribution in [1.29, 1.82) is 0 Å². The summed E-state index contributed by atoms with van der Waals surface area (Å²) in [5, 5.41) is 8.44. The second kappa shape index (κ2) is 6.98. The van der Waals surface area contributed by atoms with Gasteiger partial charge in [0.25, 0.3) is 0 Å². The molecule has 1 atom stereocenters. The zero-order valence-electron chi connectivity index (χ0n) is 15.6. The van der Waals surface area contributed by atoms with Crippen LogP contribution in [0.25, 0.3) is 0 Å². The van der Waals surface area contributed by atoms with E-state index < -0.39 is 5.41 Å². The first-order chi connectivity index (χ1) is 11.9. The van der Waals surface area contributed by atoms with E-state index in [1.807, 2.05) is 49.1 Å². The number of hydrogen-bond donors (Lipinski definition) is 0. The molecule has 1 fully saturated rings. The lowest BCUT2D eigenvalue weighted by atomic mass is 9.82. The third-order valence-electron chi connectivity index (χ3n) is 5.26.